The third-order valence-corrected chi connectivity index (χ3v) is 7.16. The quantitative estimate of drug-likeness (QED) is 0.413. The maximum Gasteiger partial charge on any atom is 0.115 e. The largest absolute Gasteiger partial charge is 0.508 e. The molecule has 32 heavy (non-hydrogen) atoms. The predicted octanol–water partition coefficient (Wildman–Crippen LogP) is 7.33. The minimum absolute atomic E-state index is 0.0630. The summed E-state index contributed by atoms with van der Waals surface area (Å²) >= 11 is 0. The van der Waals surface area contributed by atoms with Crippen molar-refractivity contribution in [3.8, 4) is 28.0 Å². The van der Waals surface area contributed by atoms with E-state index in [2.05, 4.69) is 50.2 Å². The molecule has 2 N–H and O–H groups in total. The summed E-state index contributed by atoms with van der Waals surface area (Å²) in [5.74, 6) is 1.08. The van der Waals surface area contributed by atoms with E-state index >= 15 is 0 Å². The van der Waals surface area contributed by atoms with Crippen LogP contribution < -0.4 is 0 Å². The van der Waals surface area contributed by atoms with Crippen molar-refractivity contribution >= 4 is 0 Å². The van der Waals surface area contributed by atoms with Crippen LogP contribution in [0.4, 0.5) is 0 Å². The van der Waals surface area contributed by atoms with Gasteiger partial charge in [-0.3, -0.25) is 0 Å². The normalized spacial score (nSPS) is 18.6. The van der Waals surface area contributed by atoms with Gasteiger partial charge in [-0.25, -0.2) is 0 Å². The first-order valence-electron chi connectivity index (χ1n) is 12.3. The average molecular weight is 429 g/mol. The van der Waals surface area contributed by atoms with Crippen molar-refractivity contribution in [2.45, 2.75) is 71.3 Å². The second-order valence-corrected chi connectivity index (χ2v) is 9.33. The molecule has 0 amide bonds. The summed E-state index contributed by atoms with van der Waals surface area (Å²) in [5.41, 5.74) is 9.17. The molecule has 0 aromatic heterocycles. The molecule has 2 nitrogen and oxygen atoms in total. The van der Waals surface area contributed by atoms with Gasteiger partial charge >= 0.3 is 0 Å². The van der Waals surface area contributed by atoms with Gasteiger partial charge in [0.05, 0.1) is 6.10 Å². The standard InChI is InChI=1S/C30H36O2/c1-3-23-19-27(20-24(4-2)30(23)26-13-17-29(32)18-14-26)25-11-7-21(8-12-25)5-6-22-9-15-28(31)16-10-22/h7-8,11-14,17-20,22,28,31-32H,3-6,9-10,15-16H2,1-2H3. The topological polar surface area (TPSA) is 40.5 Å². The van der Waals surface area contributed by atoms with Crippen molar-refractivity contribution in [1.29, 1.82) is 0 Å². The van der Waals surface area contributed by atoms with Crippen LogP contribution in [0.25, 0.3) is 22.3 Å². The van der Waals surface area contributed by atoms with Gasteiger partial charge in [-0.1, -0.05) is 62.4 Å². The third kappa shape index (κ3) is 5.24. The summed E-state index contributed by atoms with van der Waals surface area (Å²) in [6.45, 7) is 4.44. The SMILES string of the molecule is CCc1cc(-c2ccc(CCC3CCC(O)CC3)cc2)cc(CC)c1-c1ccc(O)cc1. The zero-order chi connectivity index (χ0) is 22.5. The molecule has 0 saturated heterocycles. The molecule has 1 aliphatic carbocycles. The highest BCUT2D eigenvalue weighted by Gasteiger charge is 2.19. The van der Waals surface area contributed by atoms with Gasteiger partial charge in [-0.2, -0.15) is 0 Å². The van der Waals surface area contributed by atoms with Crippen LogP contribution in [-0.2, 0) is 19.3 Å². The highest BCUT2D eigenvalue weighted by atomic mass is 16.3. The molecule has 0 aliphatic heterocycles. The predicted molar refractivity (Wildman–Crippen MR) is 134 cm³/mol. The number of aryl methyl sites for hydroxylation is 3. The number of aliphatic hydroxyl groups is 1. The summed E-state index contributed by atoms with van der Waals surface area (Å²) in [5, 5.41) is 19.4. The van der Waals surface area contributed by atoms with Crippen LogP contribution in [0.2, 0.25) is 0 Å². The van der Waals surface area contributed by atoms with Gasteiger partial charge in [0.1, 0.15) is 5.75 Å². The van der Waals surface area contributed by atoms with Gasteiger partial charge in [0.2, 0.25) is 0 Å². The van der Waals surface area contributed by atoms with E-state index in [1.807, 2.05) is 12.1 Å². The molecule has 0 bridgehead atoms. The fourth-order valence-corrected chi connectivity index (χ4v) is 5.16. The number of hydrogen-bond donors (Lipinski definition) is 2. The molecule has 168 valence electrons. The van der Waals surface area contributed by atoms with Crippen LogP contribution in [0.5, 0.6) is 5.75 Å². The Balaban J connectivity index is 1.53. The van der Waals surface area contributed by atoms with Crippen LogP contribution in [0.3, 0.4) is 0 Å². The van der Waals surface area contributed by atoms with E-state index in [1.165, 1.54) is 58.2 Å². The fraction of sp³-hybridized carbons (Fsp3) is 0.400. The highest BCUT2D eigenvalue weighted by Crippen LogP contribution is 2.35. The summed E-state index contributed by atoms with van der Waals surface area (Å²) in [7, 11) is 0. The number of rotatable bonds is 7. The van der Waals surface area contributed by atoms with E-state index in [-0.39, 0.29) is 6.10 Å². The van der Waals surface area contributed by atoms with E-state index in [0.29, 0.717) is 5.75 Å². The van der Waals surface area contributed by atoms with Crippen LogP contribution in [0, 0.1) is 5.92 Å². The van der Waals surface area contributed by atoms with Crippen molar-refractivity contribution in [2.75, 3.05) is 0 Å². The Hall–Kier alpha value is -2.58. The second kappa shape index (κ2) is 10.4. The van der Waals surface area contributed by atoms with Crippen molar-refractivity contribution in [2.24, 2.45) is 5.92 Å². The molecular weight excluding hydrogens is 392 g/mol. The maximum atomic E-state index is 9.71. The van der Waals surface area contributed by atoms with E-state index in [4.69, 9.17) is 0 Å². The third-order valence-electron chi connectivity index (χ3n) is 7.16. The molecule has 4 rings (SSSR count). The van der Waals surface area contributed by atoms with Gasteiger partial charge in [-0.15, -0.1) is 0 Å². The Kier molecular flexibility index (Phi) is 7.32. The summed E-state index contributed by atoms with van der Waals surface area (Å²) < 4.78 is 0. The Morgan fingerprint density at radius 3 is 1.84 bits per heavy atom. The first-order chi connectivity index (χ1) is 15.6. The second-order valence-electron chi connectivity index (χ2n) is 9.33. The Morgan fingerprint density at radius 2 is 1.28 bits per heavy atom. The van der Waals surface area contributed by atoms with Gasteiger partial charge in [0, 0.05) is 0 Å². The lowest BCUT2D eigenvalue weighted by atomic mass is 9.83. The summed E-state index contributed by atoms with van der Waals surface area (Å²) in [4.78, 5) is 0. The Morgan fingerprint density at radius 1 is 0.719 bits per heavy atom. The smallest absolute Gasteiger partial charge is 0.115 e. The molecule has 0 radical (unpaired) electrons. The monoisotopic (exact) mass is 428 g/mol. The Labute approximate surface area is 193 Å². The molecule has 1 saturated carbocycles. The molecule has 0 atom stereocenters. The van der Waals surface area contributed by atoms with Gasteiger partial charge in [0.25, 0.3) is 0 Å². The molecule has 1 fully saturated rings. The molecule has 0 unspecified atom stereocenters. The van der Waals surface area contributed by atoms with Gasteiger partial charge in [-0.05, 0) is 108 Å². The minimum atomic E-state index is -0.0630. The van der Waals surface area contributed by atoms with Crippen molar-refractivity contribution in [1.82, 2.24) is 0 Å². The molecular formula is C30H36O2. The highest BCUT2D eigenvalue weighted by molar-refractivity contribution is 5.77. The number of phenolic OH excluding ortho intramolecular Hbond substituents is 1. The molecule has 1 aliphatic rings. The molecule has 3 aromatic rings. The van der Waals surface area contributed by atoms with Gasteiger partial charge < -0.3 is 10.2 Å². The lowest BCUT2D eigenvalue weighted by Gasteiger charge is -2.25. The number of benzene rings is 3. The zero-order valence-corrected chi connectivity index (χ0v) is 19.5. The first kappa shape index (κ1) is 22.6. The lowest BCUT2D eigenvalue weighted by molar-refractivity contribution is 0.106. The van der Waals surface area contributed by atoms with Crippen molar-refractivity contribution in [3.05, 3.63) is 77.4 Å². The van der Waals surface area contributed by atoms with Crippen LogP contribution in [0.1, 0.15) is 62.6 Å². The average Bonchev–Trinajstić information content (AvgIpc) is 2.84. The first-order valence-corrected chi connectivity index (χ1v) is 12.3. The number of hydrogen-bond acceptors (Lipinski definition) is 2. The molecule has 0 spiro atoms. The summed E-state index contributed by atoms with van der Waals surface area (Å²) in [6.07, 6.45) is 8.54. The Bertz CT molecular complexity index is 985. The molecule has 0 heterocycles. The van der Waals surface area contributed by atoms with Crippen molar-refractivity contribution in [3.63, 3.8) is 0 Å². The van der Waals surface area contributed by atoms with Gasteiger partial charge in [0.15, 0.2) is 0 Å². The number of aliphatic hydroxyl groups excluding tert-OH is 1. The fourth-order valence-electron chi connectivity index (χ4n) is 5.16. The van der Waals surface area contributed by atoms with E-state index in [0.717, 1.165) is 38.0 Å². The van der Waals surface area contributed by atoms with Crippen LogP contribution in [-0.4, -0.2) is 16.3 Å². The van der Waals surface area contributed by atoms with Crippen LogP contribution in [0.15, 0.2) is 60.7 Å². The van der Waals surface area contributed by atoms with E-state index in [1.54, 1.807) is 12.1 Å². The lowest BCUT2D eigenvalue weighted by Crippen LogP contribution is -2.18. The number of phenols is 1. The summed E-state index contributed by atoms with van der Waals surface area (Å²) in [6, 6.07) is 21.4. The molecule has 3 aromatic carbocycles. The van der Waals surface area contributed by atoms with Crippen LogP contribution >= 0.6 is 0 Å². The zero-order valence-electron chi connectivity index (χ0n) is 19.5. The number of aromatic hydroxyl groups is 1. The maximum absolute atomic E-state index is 9.71. The van der Waals surface area contributed by atoms with E-state index in [9.17, 15) is 10.2 Å². The molecule has 2 heteroatoms. The van der Waals surface area contributed by atoms with E-state index < -0.39 is 0 Å². The van der Waals surface area contributed by atoms with Crippen molar-refractivity contribution < 1.29 is 10.2 Å². The minimum Gasteiger partial charge on any atom is -0.508 e.